The summed E-state index contributed by atoms with van der Waals surface area (Å²) in [6.45, 7) is 8.66. The first-order valence-electron chi connectivity index (χ1n) is 7.20. The first kappa shape index (κ1) is 12.0. The van der Waals surface area contributed by atoms with E-state index in [9.17, 15) is 0 Å². The lowest BCUT2D eigenvalue weighted by molar-refractivity contribution is 0.00578. The van der Waals surface area contributed by atoms with E-state index in [2.05, 4.69) is 27.7 Å². The summed E-state index contributed by atoms with van der Waals surface area (Å²) in [5, 5.41) is 0.333. The van der Waals surface area contributed by atoms with Gasteiger partial charge in [0.15, 0.2) is 0 Å². The Morgan fingerprint density at radius 3 is 1.65 bits per heavy atom. The smallest absolute Gasteiger partial charge is 0.403 e. The molecule has 0 spiro atoms. The summed E-state index contributed by atoms with van der Waals surface area (Å²) in [6.07, 6.45) is 8.12. The zero-order valence-corrected chi connectivity index (χ0v) is 11.7. The van der Waals surface area contributed by atoms with Crippen LogP contribution in [-0.2, 0) is 9.31 Å². The molecule has 0 unspecified atom stereocenters. The van der Waals surface area contributed by atoms with Crippen LogP contribution in [0, 0.1) is 5.92 Å². The molecule has 1 saturated heterocycles. The third kappa shape index (κ3) is 1.69. The zero-order valence-electron chi connectivity index (χ0n) is 11.7. The van der Waals surface area contributed by atoms with E-state index in [1.54, 1.807) is 0 Å². The van der Waals surface area contributed by atoms with Crippen LogP contribution < -0.4 is 0 Å². The van der Waals surface area contributed by atoms with E-state index < -0.39 is 0 Å². The Morgan fingerprint density at radius 1 is 0.824 bits per heavy atom. The van der Waals surface area contributed by atoms with Gasteiger partial charge in [-0.2, -0.15) is 0 Å². The molecule has 17 heavy (non-hydrogen) atoms. The molecule has 0 atom stereocenters. The summed E-state index contributed by atoms with van der Waals surface area (Å²) >= 11 is 0. The summed E-state index contributed by atoms with van der Waals surface area (Å²) in [5.41, 5.74) is -0.332. The van der Waals surface area contributed by atoms with E-state index in [0.29, 0.717) is 5.31 Å². The lowest BCUT2D eigenvalue weighted by Gasteiger charge is -2.47. The summed E-state index contributed by atoms with van der Waals surface area (Å²) in [4.78, 5) is 0. The van der Waals surface area contributed by atoms with Gasteiger partial charge in [0.05, 0.1) is 11.2 Å². The van der Waals surface area contributed by atoms with Crippen LogP contribution in [0.1, 0.15) is 66.2 Å². The molecule has 0 radical (unpaired) electrons. The molecule has 0 N–H and O–H groups in total. The van der Waals surface area contributed by atoms with Crippen molar-refractivity contribution < 1.29 is 9.31 Å². The van der Waals surface area contributed by atoms with Crippen molar-refractivity contribution >= 4 is 7.12 Å². The molecule has 2 nitrogen and oxygen atoms in total. The van der Waals surface area contributed by atoms with E-state index >= 15 is 0 Å². The minimum Gasteiger partial charge on any atom is -0.403 e. The van der Waals surface area contributed by atoms with Crippen LogP contribution in [0.15, 0.2) is 0 Å². The van der Waals surface area contributed by atoms with Gasteiger partial charge in [-0.1, -0.05) is 19.3 Å². The molecule has 0 amide bonds. The second-order valence-electron chi connectivity index (χ2n) is 7.43. The Morgan fingerprint density at radius 2 is 1.24 bits per heavy atom. The lowest BCUT2D eigenvalue weighted by Crippen LogP contribution is -2.42. The number of hydrogen-bond donors (Lipinski definition) is 0. The van der Waals surface area contributed by atoms with E-state index in [4.69, 9.17) is 9.31 Å². The van der Waals surface area contributed by atoms with Gasteiger partial charge in [-0.15, -0.1) is 0 Å². The second kappa shape index (κ2) is 3.51. The molecule has 1 aliphatic heterocycles. The average molecular weight is 236 g/mol. The van der Waals surface area contributed by atoms with Gasteiger partial charge in [-0.3, -0.25) is 0 Å². The third-order valence-corrected chi connectivity index (χ3v) is 5.90. The van der Waals surface area contributed by atoms with Crippen molar-refractivity contribution in [3.63, 3.8) is 0 Å². The maximum atomic E-state index is 6.30. The van der Waals surface area contributed by atoms with Crippen LogP contribution in [-0.4, -0.2) is 18.3 Å². The first-order valence-corrected chi connectivity index (χ1v) is 7.20. The predicted octanol–water partition coefficient (Wildman–Crippen LogP) is 3.80. The van der Waals surface area contributed by atoms with Gasteiger partial charge in [0.1, 0.15) is 0 Å². The standard InChI is InChI=1S/C14H25BO2/c1-12(2)13(3,4)17-15(16-12)14-8-5-11(6-9-14)7-10-14/h11H,5-10H2,1-4H3. The van der Waals surface area contributed by atoms with Gasteiger partial charge in [0.2, 0.25) is 0 Å². The van der Waals surface area contributed by atoms with Gasteiger partial charge in [-0.25, -0.2) is 0 Å². The average Bonchev–Trinajstić information content (AvgIpc) is 2.51. The maximum Gasteiger partial charge on any atom is 0.464 e. The van der Waals surface area contributed by atoms with Crippen molar-refractivity contribution in [1.29, 1.82) is 0 Å². The van der Waals surface area contributed by atoms with Gasteiger partial charge in [0, 0.05) is 5.31 Å². The molecule has 3 heteroatoms. The first-order chi connectivity index (χ1) is 7.85. The molecule has 3 aliphatic carbocycles. The summed E-state index contributed by atoms with van der Waals surface area (Å²) in [7, 11) is 0.0359. The van der Waals surface area contributed by atoms with E-state index in [1.165, 1.54) is 38.5 Å². The van der Waals surface area contributed by atoms with Crippen molar-refractivity contribution in [2.75, 3.05) is 0 Å². The van der Waals surface area contributed by atoms with Crippen molar-refractivity contribution in [2.24, 2.45) is 5.92 Å². The Balaban J connectivity index is 1.82. The molecule has 2 bridgehead atoms. The highest BCUT2D eigenvalue weighted by Gasteiger charge is 2.60. The molecule has 4 aliphatic rings. The van der Waals surface area contributed by atoms with Crippen LogP contribution in [0.2, 0.25) is 5.31 Å². The quantitative estimate of drug-likeness (QED) is 0.644. The SMILES string of the molecule is CC1(C)OB(C23CCC(CC2)CC3)OC1(C)C. The van der Waals surface area contributed by atoms with Gasteiger partial charge in [-0.05, 0) is 52.9 Å². The van der Waals surface area contributed by atoms with Crippen molar-refractivity contribution in [3.05, 3.63) is 0 Å². The highest BCUT2D eigenvalue weighted by Crippen LogP contribution is 2.60. The van der Waals surface area contributed by atoms with Gasteiger partial charge in [0.25, 0.3) is 0 Å². The van der Waals surface area contributed by atoms with Crippen LogP contribution in [0.3, 0.4) is 0 Å². The number of rotatable bonds is 1. The zero-order chi connectivity index (χ0) is 12.3. The second-order valence-corrected chi connectivity index (χ2v) is 7.43. The summed E-state index contributed by atoms with van der Waals surface area (Å²) < 4.78 is 12.6. The molecule has 4 fully saturated rings. The van der Waals surface area contributed by atoms with Gasteiger partial charge < -0.3 is 9.31 Å². The highest BCUT2D eigenvalue weighted by atomic mass is 16.7. The van der Waals surface area contributed by atoms with Crippen LogP contribution in [0.4, 0.5) is 0 Å². The van der Waals surface area contributed by atoms with E-state index in [1.807, 2.05) is 0 Å². The van der Waals surface area contributed by atoms with Crippen LogP contribution >= 0.6 is 0 Å². The fraction of sp³-hybridized carbons (Fsp3) is 1.00. The Bertz CT molecular complexity index is 286. The van der Waals surface area contributed by atoms with E-state index in [0.717, 1.165) is 5.92 Å². The fourth-order valence-electron chi connectivity index (χ4n) is 3.73. The van der Waals surface area contributed by atoms with E-state index in [-0.39, 0.29) is 18.3 Å². The number of fused-ring (bicyclic) bond motifs is 3. The summed E-state index contributed by atoms with van der Waals surface area (Å²) in [6, 6.07) is 0. The predicted molar refractivity (Wildman–Crippen MR) is 70.0 cm³/mol. The van der Waals surface area contributed by atoms with Crippen molar-refractivity contribution in [2.45, 2.75) is 82.7 Å². The molecule has 1 heterocycles. The van der Waals surface area contributed by atoms with Crippen LogP contribution in [0.25, 0.3) is 0 Å². The van der Waals surface area contributed by atoms with Crippen molar-refractivity contribution in [1.82, 2.24) is 0 Å². The topological polar surface area (TPSA) is 18.5 Å². The van der Waals surface area contributed by atoms with Crippen LogP contribution in [0.5, 0.6) is 0 Å². The third-order valence-electron chi connectivity index (χ3n) is 5.90. The molecule has 3 saturated carbocycles. The lowest BCUT2D eigenvalue weighted by atomic mass is 9.44. The molecular formula is C14H25BO2. The highest BCUT2D eigenvalue weighted by molar-refractivity contribution is 6.49. The molecule has 4 rings (SSSR count). The Hall–Kier alpha value is -0.0151. The minimum absolute atomic E-state index is 0.0359. The maximum absolute atomic E-state index is 6.30. The summed E-state index contributed by atoms with van der Waals surface area (Å²) in [5.74, 6) is 0.999. The largest absolute Gasteiger partial charge is 0.464 e. The molecule has 96 valence electrons. The Kier molecular flexibility index (Phi) is 2.49. The Labute approximate surface area is 106 Å². The molecular weight excluding hydrogens is 211 g/mol. The molecule has 0 aromatic rings. The molecule has 0 aromatic heterocycles. The minimum atomic E-state index is -0.166. The number of hydrogen-bond acceptors (Lipinski definition) is 2. The normalized spacial score (nSPS) is 43.1. The van der Waals surface area contributed by atoms with Gasteiger partial charge >= 0.3 is 7.12 Å². The fourth-order valence-corrected chi connectivity index (χ4v) is 3.73. The monoisotopic (exact) mass is 236 g/mol. The molecule has 0 aromatic carbocycles. The van der Waals surface area contributed by atoms with Crippen molar-refractivity contribution in [3.8, 4) is 0 Å².